The Morgan fingerprint density at radius 2 is 2.00 bits per heavy atom. The number of hydrogen-bond acceptors (Lipinski definition) is 4. The maximum Gasteiger partial charge on any atom is 0.222 e. The topological polar surface area (TPSA) is 80.9 Å². The summed E-state index contributed by atoms with van der Waals surface area (Å²) in [5.74, 6) is 0.571. The average molecular weight is 268 g/mol. The highest BCUT2D eigenvalue weighted by atomic mass is 16.1. The van der Waals surface area contributed by atoms with Crippen molar-refractivity contribution in [3.8, 4) is 0 Å². The van der Waals surface area contributed by atoms with Gasteiger partial charge in [-0.1, -0.05) is 42.5 Å². The van der Waals surface area contributed by atoms with E-state index in [9.17, 15) is 4.79 Å². The zero-order valence-electron chi connectivity index (χ0n) is 11.2. The van der Waals surface area contributed by atoms with Gasteiger partial charge in [0.1, 0.15) is 5.82 Å². The number of hydrogen-bond donors (Lipinski definition) is 2. The van der Waals surface area contributed by atoms with Crippen molar-refractivity contribution in [1.82, 2.24) is 9.97 Å². The van der Waals surface area contributed by atoms with Gasteiger partial charge in [-0.2, -0.15) is 4.98 Å². The average Bonchev–Trinajstić information content (AvgIpc) is 2.43. The van der Waals surface area contributed by atoms with Crippen molar-refractivity contribution in [3.63, 3.8) is 0 Å². The van der Waals surface area contributed by atoms with Crippen molar-refractivity contribution >= 4 is 24.3 Å². The third kappa shape index (κ3) is 3.41. The molecule has 0 aliphatic rings. The van der Waals surface area contributed by atoms with E-state index in [1.54, 1.807) is 0 Å². The van der Waals surface area contributed by atoms with Crippen molar-refractivity contribution in [2.45, 2.75) is 13.3 Å². The van der Waals surface area contributed by atoms with Gasteiger partial charge in [-0.3, -0.25) is 4.79 Å². The van der Waals surface area contributed by atoms with Crippen molar-refractivity contribution in [2.75, 3.05) is 11.1 Å². The number of aromatic nitrogens is 2. The van der Waals surface area contributed by atoms with Crippen LogP contribution in [0.25, 0.3) is 6.08 Å². The fourth-order valence-corrected chi connectivity index (χ4v) is 1.90. The van der Waals surface area contributed by atoms with E-state index in [0.29, 0.717) is 12.2 Å². The van der Waals surface area contributed by atoms with E-state index in [1.807, 2.05) is 37.3 Å². The summed E-state index contributed by atoms with van der Waals surface area (Å²) in [6.45, 7) is 1.83. The van der Waals surface area contributed by atoms with Gasteiger partial charge in [0.05, 0.1) is 5.69 Å². The number of benzene rings is 1. The minimum absolute atomic E-state index is 0.145. The van der Waals surface area contributed by atoms with Gasteiger partial charge in [-0.05, 0) is 18.9 Å². The molecular weight excluding hydrogens is 252 g/mol. The van der Waals surface area contributed by atoms with Crippen molar-refractivity contribution in [1.29, 1.82) is 0 Å². The molecule has 0 aliphatic heterocycles. The molecular formula is C15H16N4O. The van der Waals surface area contributed by atoms with Crippen LogP contribution in [0.3, 0.4) is 0 Å². The van der Waals surface area contributed by atoms with Crippen LogP contribution >= 0.6 is 0 Å². The van der Waals surface area contributed by atoms with Gasteiger partial charge < -0.3 is 11.1 Å². The molecule has 3 N–H and O–H groups in total. The van der Waals surface area contributed by atoms with Crippen LogP contribution in [-0.2, 0) is 11.2 Å². The van der Waals surface area contributed by atoms with Crippen molar-refractivity contribution < 1.29 is 4.79 Å². The second-order valence-electron chi connectivity index (χ2n) is 4.28. The number of nitrogens with one attached hydrogen (secondary N) is 1. The number of aryl methyl sites for hydroxylation is 1. The molecule has 0 atom stereocenters. The summed E-state index contributed by atoms with van der Waals surface area (Å²) in [6, 6.07) is 10.1. The maximum atomic E-state index is 10.6. The van der Waals surface area contributed by atoms with E-state index in [0.717, 1.165) is 17.7 Å². The molecule has 0 saturated carbocycles. The molecule has 1 heterocycles. The molecule has 0 unspecified atom stereocenters. The van der Waals surface area contributed by atoms with E-state index >= 15 is 0 Å². The van der Waals surface area contributed by atoms with Gasteiger partial charge in [0.25, 0.3) is 0 Å². The van der Waals surface area contributed by atoms with Gasteiger partial charge in [-0.25, -0.2) is 4.98 Å². The molecule has 2 rings (SSSR count). The standard InChI is InChI=1S/C15H16N4O/c1-11-13(14(17-10-20)19-15(16)18-11)9-5-8-12-6-3-2-4-7-12/h2-7,9-10H,8H2,1H3,(H3,16,17,18,19,20)/b9-5-. The molecule has 0 spiro atoms. The lowest BCUT2D eigenvalue weighted by Crippen LogP contribution is -2.06. The Balaban J connectivity index is 2.21. The summed E-state index contributed by atoms with van der Waals surface area (Å²) in [5.41, 5.74) is 8.28. The van der Waals surface area contributed by atoms with Crippen molar-refractivity contribution in [3.05, 3.63) is 53.2 Å². The summed E-state index contributed by atoms with van der Waals surface area (Å²) in [5, 5.41) is 2.54. The predicted octanol–water partition coefficient (Wildman–Crippen LogP) is 2.19. The summed E-state index contributed by atoms with van der Waals surface area (Å²) in [4.78, 5) is 18.7. The van der Waals surface area contributed by atoms with E-state index in [4.69, 9.17) is 5.73 Å². The zero-order chi connectivity index (χ0) is 14.4. The van der Waals surface area contributed by atoms with Crippen LogP contribution in [0, 0.1) is 6.92 Å². The third-order valence-corrected chi connectivity index (χ3v) is 2.83. The number of carbonyl (C=O) groups is 1. The summed E-state index contributed by atoms with van der Waals surface area (Å²) < 4.78 is 0. The maximum absolute atomic E-state index is 10.6. The number of nitrogens with two attached hydrogens (primary N) is 1. The third-order valence-electron chi connectivity index (χ3n) is 2.83. The first-order chi connectivity index (χ1) is 9.70. The van der Waals surface area contributed by atoms with E-state index in [-0.39, 0.29) is 5.95 Å². The largest absolute Gasteiger partial charge is 0.368 e. The van der Waals surface area contributed by atoms with Gasteiger partial charge >= 0.3 is 0 Å². The quantitative estimate of drug-likeness (QED) is 0.814. The Hall–Kier alpha value is -2.69. The molecule has 0 radical (unpaired) electrons. The monoisotopic (exact) mass is 268 g/mol. The van der Waals surface area contributed by atoms with Gasteiger partial charge in [-0.15, -0.1) is 0 Å². The molecule has 1 amide bonds. The molecule has 0 aliphatic carbocycles. The Kier molecular flexibility index (Phi) is 4.44. The fourth-order valence-electron chi connectivity index (χ4n) is 1.90. The van der Waals surface area contributed by atoms with Crippen LogP contribution in [-0.4, -0.2) is 16.4 Å². The van der Waals surface area contributed by atoms with E-state index in [2.05, 4.69) is 27.4 Å². The number of carbonyl (C=O) groups excluding carboxylic acids is 1. The van der Waals surface area contributed by atoms with E-state index in [1.165, 1.54) is 5.56 Å². The lowest BCUT2D eigenvalue weighted by Gasteiger charge is -2.07. The number of amides is 1. The molecule has 0 saturated heterocycles. The number of rotatable bonds is 5. The molecule has 0 bridgehead atoms. The molecule has 1 aromatic heterocycles. The molecule has 0 fully saturated rings. The SMILES string of the molecule is Cc1nc(N)nc(NC=O)c1/C=C\Cc1ccccc1. The number of anilines is 2. The van der Waals surface area contributed by atoms with Gasteiger partial charge in [0.2, 0.25) is 12.4 Å². The number of nitrogen functional groups attached to an aromatic ring is 1. The normalized spacial score (nSPS) is 10.7. The van der Waals surface area contributed by atoms with Crippen LogP contribution in [0.4, 0.5) is 11.8 Å². The predicted molar refractivity (Wildman–Crippen MR) is 80.0 cm³/mol. The molecule has 5 heteroatoms. The zero-order valence-corrected chi connectivity index (χ0v) is 11.2. The number of nitrogens with zero attached hydrogens (tertiary/aromatic N) is 2. The Morgan fingerprint density at radius 3 is 2.70 bits per heavy atom. The first kappa shape index (κ1) is 13.7. The highest BCUT2D eigenvalue weighted by Crippen LogP contribution is 2.18. The lowest BCUT2D eigenvalue weighted by molar-refractivity contribution is -0.105. The molecule has 1 aromatic carbocycles. The minimum atomic E-state index is 0.145. The molecule has 102 valence electrons. The lowest BCUT2D eigenvalue weighted by atomic mass is 10.1. The second-order valence-corrected chi connectivity index (χ2v) is 4.28. The highest BCUT2D eigenvalue weighted by molar-refractivity contribution is 5.77. The molecule has 5 nitrogen and oxygen atoms in total. The summed E-state index contributed by atoms with van der Waals surface area (Å²) >= 11 is 0. The van der Waals surface area contributed by atoms with Crippen LogP contribution in [0.5, 0.6) is 0 Å². The smallest absolute Gasteiger partial charge is 0.222 e. The summed E-state index contributed by atoms with van der Waals surface area (Å²) in [6.07, 6.45) is 5.28. The van der Waals surface area contributed by atoms with Crippen molar-refractivity contribution in [2.24, 2.45) is 0 Å². The number of allylic oxidation sites excluding steroid dienone is 1. The Labute approximate surface area is 117 Å². The molecule has 20 heavy (non-hydrogen) atoms. The Morgan fingerprint density at radius 1 is 1.25 bits per heavy atom. The van der Waals surface area contributed by atoms with E-state index < -0.39 is 0 Å². The van der Waals surface area contributed by atoms with Crippen LogP contribution in [0.1, 0.15) is 16.8 Å². The first-order valence-corrected chi connectivity index (χ1v) is 6.25. The Bertz CT molecular complexity index is 623. The second kappa shape index (κ2) is 6.47. The van der Waals surface area contributed by atoms with Crippen LogP contribution in [0.15, 0.2) is 36.4 Å². The van der Waals surface area contributed by atoms with Crippen LogP contribution < -0.4 is 11.1 Å². The van der Waals surface area contributed by atoms with Crippen LogP contribution in [0.2, 0.25) is 0 Å². The first-order valence-electron chi connectivity index (χ1n) is 6.25. The summed E-state index contributed by atoms with van der Waals surface area (Å²) in [7, 11) is 0. The minimum Gasteiger partial charge on any atom is -0.368 e. The fraction of sp³-hybridized carbons (Fsp3) is 0.133. The van der Waals surface area contributed by atoms with Gasteiger partial charge in [0.15, 0.2) is 0 Å². The highest BCUT2D eigenvalue weighted by Gasteiger charge is 2.07. The molecule has 2 aromatic rings. The van der Waals surface area contributed by atoms with Gasteiger partial charge in [0, 0.05) is 5.56 Å².